The van der Waals surface area contributed by atoms with Crippen LogP contribution in [0, 0.1) is 18.6 Å². The lowest BCUT2D eigenvalue weighted by Crippen LogP contribution is -2.39. The quantitative estimate of drug-likeness (QED) is 0.334. The first kappa shape index (κ1) is 24.7. The summed E-state index contributed by atoms with van der Waals surface area (Å²) in [4.78, 5) is 28.9. The van der Waals surface area contributed by atoms with E-state index in [1.165, 1.54) is 6.07 Å². The molecule has 0 radical (unpaired) electrons. The second kappa shape index (κ2) is 10.9. The van der Waals surface area contributed by atoms with Gasteiger partial charge in [0.15, 0.2) is 5.75 Å². The first-order chi connectivity index (χ1) is 16.8. The van der Waals surface area contributed by atoms with Crippen molar-refractivity contribution >= 4 is 23.2 Å². The lowest BCUT2D eigenvalue weighted by atomic mass is 9.89. The number of oxime groups is 1. The first-order valence-corrected chi connectivity index (χ1v) is 11.7. The van der Waals surface area contributed by atoms with Crippen LogP contribution in [0.25, 0.3) is 0 Å². The number of carbonyl (C=O) groups excluding carboxylic acids is 1. The summed E-state index contributed by atoms with van der Waals surface area (Å²) in [6.07, 6.45) is 2.76. The van der Waals surface area contributed by atoms with Gasteiger partial charge in [0.2, 0.25) is 5.91 Å². The molecule has 1 saturated heterocycles. The molecule has 0 unspecified atom stereocenters. The van der Waals surface area contributed by atoms with E-state index in [9.17, 15) is 13.6 Å². The number of piperidine rings is 1. The molecule has 0 bridgehead atoms. The molecule has 0 atom stereocenters. The van der Waals surface area contributed by atoms with Crippen LogP contribution < -0.4 is 4.84 Å². The average Bonchev–Trinajstić information content (AvgIpc) is 2.85. The summed E-state index contributed by atoms with van der Waals surface area (Å²) < 4.78 is 27.9. The van der Waals surface area contributed by atoms with Crippen LogP contribution in [0.2, 0.25) is 5.02 Å². The number of rotatable bonds is 6. The zero-order valence-electron chi connectivity index (χ0n) is 19.5. The minimum absolute atomic E-state index is 0.0808. The van der Waals surface area contributed by atoms with Crippen molar-refractivity contribution in [1.29, 1.82) is 0 Å². The van der Waals surface area contributed by atoms with Gasteiger partial charge in [0.25, 0.3) is 0 Å². The number of aromatic nitrogens is 2. The highest BCUT2D eigenvalue weighted by atomic mass is 35.5. The van der Waals surface area contributed by atoms with Gasteiger partial charge in [-0.25, -0.2) is 18.7 Å². The van der Waals surface area contributed by atoms with Crippen molar-refractivity contribution in [2.24, 2.45) is 5.16 Å². The van der Waals surface area contributed by atoms with Crippen molar-refractivity contribution in [3.63, 3.8) is 0 Å². The Balaban J connectivity index is 1.45. The molecule has 1 amide bonds. The van der Waals surface area contributed by atoms with E-state index in [1.807, 2.05) is 13.8 Å². The summed E-state index contributed by atoms with van der Waals surface area (Å²) in [5, 5.41) is 4.79. The highest BCUT2D eigenvalue weighted by Gasteiger charge is 2.28. The second-order valence-corrected chi connectivity index (χ2v) is 8.91. The molecule has 1 aliphatic heterocycles. The molecule has 2 heterocycles. The Bertz CT molecular complexity index is 1240. The number of nitrogens with zero attached hydrogens (tertiary/aromatic N) is 4. The predicted molar refractivity (Wildman–Crippen MR) is 130 cm³/mol. The maximum Gasteiger partial charge on any atom is 0.227 e. The monoisotopic (exact) mass is 498 g/mol. The van der Waals surface area contributed by atoms with Crippen molar-refractivity contribution in [2.45, 2.75) is 39.0 Å². The standard InChI is InChI=1S/C26H25ClF2N4O2/c1-16(32-35-20-6-3-5-19(27)13-20)22-15-30-17(2)31-26(22)18-9-11-33(12-10-18)25(34)14-21-23(28)7-4-8-24(21)29/h3-8,13,15,18H,9-12,14H2,1-2H3/b32-16-. The molecule has 0 saturated carbocycles. The molecule has 6 nitrogen and oxygen atoms in total. The largest absolute Gasteiger partial charge is 0.357 e. The Morgan fingerprint density at radius 1 is 1.17 bits per heavy atom. The third-order valence-electron chi connectivity index (χ3n) is 6.04. The van der Waals surface area contributed by atoms with Gasteiger partial charge in [-0.3, -0.25) is 4.79 Å². The lowest BCUT2D eigenvalue weighted by molar-refractivity contribution is -0.131. The summed E-state index contributed by atoms with van der Waals surface area (Å²) in [6, 6.07) is 10.6. The van der Waals surface area contributed by atoms with E-state index in [2.05, 4.69) is 15.1 Å². The van der Waals surface area contributed by atoms with Crippen LogP contribution in [0.3, 0.4) is 0 Å². The number of likely N-dealkylation sites (tertiary alicyclic amines) is 1. The Morgan fingerprint density at radius 2 is 1.86 bits per heavy atom. The maximum absolute atomic E-state index is 14.0. The van der Waals surface area contributed by atoms with Crippen molar-refractivity contribution in [2.75, 3.05) is 13.1 Å². The van der Waals surface area contributed by atoms with Crippen LogP contribution in [-0.4, -0.2) is 39.6 Å². The van der Waals surface area contributed by atoms with E-state index in [0.29, 0.717) is 48.2 Å². The van der Waals surface area contributed by atoms with Crippen LogP contribution >= 0.6 is 11.6 Å². The topological polar surface area (TPSA) is 67.7 Å². The Labute approximate surface area is 207 Å². The molecule has 1 fully saturated rings. The van der Waals surface area contributed by atoms with Crippen molar-refractivity contribution in [3.05, 3.63) is 88.0 Å². The van der Waals surface area contributed by atoms with Crippen molar-refractivity contribution in [1.82, 2.24) is 14.9 Å². The van der Waals surface area contributed by atoms with E-state index in [-0.39, 0.29) is 23.8 Å². The van der Waals surface area contributed by atoms with Gasteiger partial charge in [-0.05, 0) is 51.0 Å². The third kappa shape index (κ3) is 6.00. The molecule has 35 heavy (non-hydrogen) atoms. The summed E-state index contributed by atoms with van der Waals surface area (Å²) >= 11 is 6.00. The van der Waals surface area contributed by atoms with Crippen molar-refractivity contribution < 1.29 is 18.4 Å². The molecule has 182 valence electrons. The summed E-state index contributed by atoms with van der Waals surface area (Å²) in [6.45, 7) is 4.59. The number of halogens is 3. The number of amides is 1. The number of hydrogen-bond acceptors (Lipinski definition) is 5. The minimum atomic E-state index is -0.705. The lowest BCUT2D eigenvalue weighted by Gasteiger charge is -2.32. The van der Waals surface area contributed by atoms with Crippen LogP contribution in [0.4, 0.5) is 8.78 Å². The molecule has 1 aliphatic rings. The van der Waals surface area contributed by atoms with Gasteiger partial charge in [0.05, 0.1) is 17.8 Å². The fourth-order valence-corrected chi connectivity index (χ4v) is 4.32. The normalized spacial score (nSPS) is 14.8. The fourth-order valence-electron chi connectivity index (χ4n) is 4.14. The Hall–Kier alpha value is -3.39. The molecule has 3 aromatic rings. The highest BCUT2D eigenvalue weighted by molar-refractivity contribution is 6.30. The number of hydrogen-bond donors (Lipinski definition) is 0. The van der Waals surface area contributed by atoms with E-state index in [1.54, 1.807) is 35.4 Å². The van der Waals surface area contributed by atoms with Crippen LogP contribution in [0.15, 0.2) is 53.8 Å². The van der Waals surface area contributed by atoms with Crippen LogP contribution in [0.1, 0.15) is 48.3 Å². The van der Waals surface area contributed by atoms with Crippen molar-refractivity contribution in [3.8, 4) is 5.75 Å². The maximum atomic E-state index is 14.0. The first-order valence-electron chi connectivity index (χ1n) is 11.3. The molecule has 4 rings (SSSR count). The van der Waals surface area contributed by atoms with E-state index >= 15 is 0 Å². The SMILES string of the molecule is C/C(=N/Oc1cccc(Cl)c1)c1cnc(C)nc1C1CCN(C(=O)Cc2c(F)cccc2F)CC1. The van der Waals surface area contributed by atoms with Gasteiger partial charge in [0, 0.05) is 47.4 Å². The van der Waals surface area contributed by atoms with Crippen LogP contribution in [0.5, 0.6) is 5.75 Å². The molecule has 0 N–H and O–H groups in total. The Kier molecular flexibility index (Phi) is 7.70. The number of benzene rings is 2. The molecule has 0 aliphatic carbocycles. The van der Waals surface area contributed by atoms with Gasteiger partial charge >= 0.3 is 0 Å². The van der Waals surface area contributed by atoms with Crippen LogP contribution in [-0.2, 0) is 11.2 Å². The zero-order valence-corrected chi connectivity index (χ0v) is 20.2. The molecular weight excluding hydrogens is 474 g/mol. The van der Waals surface area contributed by atoms with E-state index in [0.717, 1.165) is 23.4 Å². The molecule has 0 spiro atoms. The second-order valence-electron chi connectivity index (χ2n) is 8.47. The average molecular weight is 499 g/mol. The van der Waals surface area contributed by atoms with E-state index < -0.39 is 11.6 Å². The third-order valence-corrected chi connectivity index (χ3v) is 6.27. The summed E-state index contributed by atoms with van der Waals surface area (Å²) in [5.41, 5.74) is 2.05. The zero-order chi connectivity index (χ0) is 24.9. The summed E-state index contributed by atoms with van der Waals surface area (Å²) in [7, 11) is 0. The predicted octanol–water partition coefficient (Wildman–Crippen LogP) is 5.47. The van der Waals surface area contributed by atoms with Gasteiger partial charge < -0.3 is 9.74 Å². The number of carbonyl (C=O) groups is 1. The summed E-state index contributed by atoms with van der Waals surface area (Å²) in [5.74, 6) is -0.463. The van der Waals surface area contributed by atoms with Gasteiger partial charge in [-0.1, -0.05) is 28.9 Å². The fraction of sp³-hybridized carbons (Fsp3) is 0.308. The van der Waals surface area contributed by atoms with Gasteiger partial charge in [0.1, 0.15) is 17.5 Å². The Morgan fingerprint density at radius 3 is 2.54 bits per heavy atom. The molecule has 9 heteroatoms. The molecule has 1 aromatic heterocycles. The van der Waals surface area contributed by atoms with Gasteiger partial charge in [-0.15, -0.1) is 0 Å². The molecule has 2 aromatic carbocycles. The minimum Gasteiger partial charge on any atom is -0.357 e. The van der Waals surface area contributed by atoms with E-state index in [4.69, 9.17) is 16.4 Å². The smallest absolute Gasteiger partial charge is 0.227 e. The molecular formula is C26H25ClF2N4O2. The highest BCUT2D eigenvalue weighted by Crippen LogP contribution is 2.30. The van der Waals surface area contributed by atoms with Gasteiger partial charge in [-0.2, -0.15) is 0 Å². The number of aryl methyl sites for hydroxylation is 1.